The van der Waals surface area contributed by atoms with Gasteiger partial charge in [-0.05, 0) is 44.2 Å². The Balaban J connectivity index is 1.35. The van der Waals surface area contributed by atoms with E-state index >= 15 is 0 Å². The molecule has 0 unspecified atom stereocenters. The summed E-state index contributed by atoms with van der Waals surface area (Å²) in [5.41, 5.74) is 2.70. The molecule has 0 aromatic carbocycles. The summed E-state index contributed by atoms with van der Waals surface area (Å²) >= 11 is 1.49. The minimum Gasteiger partial charge on any atom is -0.380 e. The van der Waals surface area contributed by atoms with Crippen molar-refractivity contribution in [3.8, 4) is 0 Å². The van der Waals surface area contributed by atoms with Crippen molar-refractivity contribution in [3.05, 3.63) is 16.6 Å². The molecule has 5 nitrogen and oxygen atoms in total. The maximum absolute atomic E-state index is 12.5. The van der Waals surface area contributed by atoms with Crippen molar-refractivity contribution in [2.24, 2.45) is 5.41 Å². The summed E-state index contributed by atoms with van der Waals surface area (Å²) in [7, 11) is 0. The third-order valence-corrected chi connectivity index (χ3v) is 6.24. The molecule has 4 heterocycles. The Labute approximate surface area is 135 Å². The summed E-state index contributed by atoms with van der Waals surface area (Å²) in [5, 5.41) is 1.86. The predicted octanol–water partition coefficient (Wildman–Crippen LogP) is 1.86. The molecule has 3 aliphatic heterocycles. The van der Waals surface area contributed by atoms with Gasteiger partial charge >= 0.3 is 0 Å². The highest BCUT2D eigenvalue weighted by atomic mass is 32.1. The SMILES string of the molecule is O=C(c1cscn1)N1CCC2(CCN([C@H]3CCOC3)CC2)C1. The van der Waals surface area contributed by atoms with Crippen molar-refractivity contribution in [1.29, 1.82) is 0 Å². The van der Waals surface area contributed by atoms with Gasteiger partial charge in [-0.25, -0.2) is 4.98 Å². The molecule has 0 N–H and O–H groups in total. The van der Waals surface area contributed by atoms with Gasteiger partial charge < -0.3 is 9.64 Å². The Morgan fingerprint density at radius 3 is 2.82 bits per heavy atom. The number of hydrogen-bond acceptors (Lipinski definition) is 5. The molecule has 1 atom stereocenters. The molecule has 1 spiro atoms. The van der Waals surface area contributed by atoms with E-state index < -0.39 is 0 Å². The van der Waals surface area contributed by atoms with Crippen LogP contribution < -0.4 is 0 Å². The second kappa shape index (κ2) is 5.91. The third kappa shape index (κ3) is 2.68. The number of aromatic nitrogens is 1. The van der Waals surface area contributed by atoms with E-state index in [1.165, 1.54) is 30.6 Å². The van der Waals surface area contributed by atoms with Gasteiger partial charge in [-0.1, -0.05) is 0 Å². The monoisotopic (exact) mass is 321 g/mol. The summed E-state index contributed by atoms with van der Waals surface area (Å²) < 4.78 is 5.52. The van der Waals surface area contributed by atoms with E-state index in [4.69, 9.17) is 4.74 Å². The quantitative estimate of drug-likeness (QED) is 0.834. The van der Waals surface area contributed by atoms with Crippen molar-refractivity contribution in [2.45, 2.75) is 31.7 Å². The lowest BCUT2D eigenvalue weighted by Crippen LogP contribution is -2.46. The van der Waals surface area contributed by atoms with Gasteiger partial charge in [-0.2, -0.15) is 0 Å². The molecule has 3 aliphatic rings. The van der Waals surface area contributed by atoms with Gasteiger partial charge in [-0.3, -0.25) is 9.69 Å². The average molecular weight is 321 g/mol. The smallest absolute Gasteiger partial charge is 0.273 e. The van der Waals surface area contributed by atoms with Gasteiger partial charge in [0.15, 0.2) is 0 Å². The number of hydrogen-bond donors (Lipinski definition) is 0. The van der Waals surface area contributed by atoms with Crippen molar-refractivity contribution in [3.63, 3.8) is 0 Å². The van der Waals surface area contributed by atoms with Gasteiger partial charge in [0.25, 0.3) is 5.91 Å². The molecule has 0 bridgehead atoms. The number of carbonyl (C=O) groups excluding carboxylic acids is 1. The largest absolute Gasteiger partial charge is 0.380 e. The minimum atomic E-state index is 0.116. The first-order valence-electron chi connectivity index (χ1n) is 8.25. The summed E-state index contributed by atoms with van der Waals surface area (Å²) in [6.07, 6.45) is 4.76. The molecule has 4 rings (SSSR count). The lowest BCUT2D eigenvalue weighted by Gasteiger charge is -2.41. The zero-order valence-corrected chi connectivity index (χ0v) is 13.7. The van der Waals surface area contributed by atoms with Crippen LogP contribution in [0, 0.1) is 5.41 Å². The normalized spacial score (nSPS) is 28.5. The number of rotatable bonds is 2. The van der Waals surface area contributed by atoms with Crippen LogP contribution in [0.4, 0.5) is 0 Å². The molecule has 22 heavy (non-hydrogen) atoms. The van der Waals surface area contributed by atoms with Crippen LogP contribution in [-0.4, -0.2) is 66.1 Å². The van der Waals surface area contributed by atoms with Crippen molar-refractivity contribution < 1.29 is 9.53 Å². The fourth-order valence-electron chi connectivity index (χ4n) is 4.17. The zero-order valence-electron chi connectivity index (χ0n) is 12.9. The topological polar surface area (TPSA) is 45.7 Å². The van der Waals surface area contributed by atoms with Crippen LogP contribution in [0.2, 0.25) is 0 Å². The lowest BCUT2D eigenvalue weighted by atomic mass is 9.77. The molecule has 120 valence electrons. The highest BCUT2D eigenvalue weighted by Crippen LogP contribution is 2.41. The van der Waals surface area contributed by atoms with Crippen LogP contribution in [-0.2, 0) is 4.74 Å². The molecule has 0 saturated carbocycles. The maximum Gasteiger partial charge on any atom is 0.273 e. The molecule has 1 aromatic rings. The van der Waals surface area contributed by atoms with E-state index in [0.717, 1.165) is 45.8 Å². The first-order chi connectivity index (χ1) is 10.8. The van der Waals surface area contributed by atoms with Crippen LogP contribution in [0.1, 0.15) is 36.2 Å². The second-order valence-corrected chi connectivity index (χ2v) is 7.62. The minimum absolute atomic E-state index is 0.116. The number of ether oxygens (including phenoxy) is 1. The first-order valence-corrected chi connectivity index (χ1v) is 9.19. The summed E-state index contributed by atoms with van der Waals surface area (Å²) in [6.45, 7) is 5.95. The van der Waals surface area contributed by atoms with Gasteiger partial charge in [0.1, 0.15) is 5.69 Å². The number of carbonyl (C=O) groups is 1. The van der Waals surface area contributed by atoms with E-state index in [2.05, 4.69) is 9.88 Å². The number of nitrogens with zero attached hydrogens (tertiary/aromatic N) is 3. The van der Waals surface area contributed by atoms with Gasteiger partial charge in [-0.15, -0.1) is 11.3 Å². The van der Waals surface area contributed by atoms with Gasteiger partial charge in [0.2, 0.25) is 0 Å². The Hall–Kier alpha value is -0.980. The highest BCUT2D eigenvalue weighted by Gasteiger charge is 2.43. The molecular weight excluding hydrogens is 298 g/mol. The number of likely N-dealkylation sites (tertiary alicyclic amines) is 2. The van der Waals surface area contributed by atoms with E-state index in [1.807, 2.05) is 10.3 Å². The summed E-state index contributed by atoms with van der Waals surface area (Å²) in [5.74, 6) is 0.116. The van der Waals surface area contributed by atoms with Crippen molar-refractivity contribution in [1.82, 2.24) is 14.8 Å². The Morgan fingerprint density at radius 2 is 2.14 bits per heavy atom. The Bertz CT molecular complexity index is 520. The molecular formula is C16H23N3O2S. The van der Waals surface area contributed by atoms with E-state index in [-0.39, 0.29) is 5.91 Å². The summed E-state index contributed by atoms with van der Waals surface area (Å²) in [4.78, 5) is 21.2. The molecule has 3 saturated heterocycles. The Morgan fingerprint density at radius 1 is 1.32 bits per heavy atom. The molecule has 1 amide bonds. The van der Waals surface area contributed by atoms with Crippen LogP contribution in [0.5, 0.6) is 0 Å². The van der Waals surface area contributed by atoms with Gasteiger partial charge in [0, 0.05) is 31.1 Å². The lowest BCUT2D eigenvalue weighted by molar-refractivity contribution is 0.0606. The fraction of sp³-hybridized carbons (Fsp3) is 0.750. The third-order valence-electron chi connectivity index (χ3n) is 5.66. The van der Waals surface area contributed by atoms with Crippen molar-refractivity contribution >= 4 is 17.2 Å². The number of piperidine rings is 1. The average Bonchev–Trinajstić information content (AvgIpc) is 3.30. The fourth-order valence-corrected chi connectivity index (χ4v) is 4.70. The Kier molecular flexibility index (Phi) is 3.92. The molecule has 6 heteroatoms. The standard InChI is InChI=1S/C16H23N3O2S/c20-15(14-10-22-12-17-14)19-7-4-16(11-19)2-5-18(6-3-16)13-1-8-21-9-13/h10,12-13H,1-9,11H2/t13-/m0/s1. The highest BCUT2D eigenvalue weighted by molar-refractivity contribution is 7.07. The molecule has 0 radical (unpaired) electrons. The number of thiazole rings is 1. The molecule has 3 fully saturated rings. The van der Waals surface area contributed by atoms with Crippen molar-refractivity contribution in [2.75, 3.05) is 39.4 Å². The van der Waals surface area contributed by atoms with Crippen LogP contribution >= 0.6 is 11.3 Å². The predicted molar refractivity (Wildman–Crippen MR) is 85.1 cm³/mol. The van der Waals surface area contributed by atoms with Gasteiger partial charge in [0.05, 0.1) is 12.1 Å². The zero-order chi connectivity index (χ0) is 15.0. The number of amides is 1. The molecule has 1 aromatic heterocycles. The maximum atomic E-state index is 12.5. The second-order valence-electron chi connectivity index (χ2n) is 6.90. The van der Waals surface area contributed by atoms with E-state index in [9.17, 15) is 4.79 Å². The molecule has 0 aliphatic carbocycles. The van der Waals surface area contributed by atoms with E-state index in [1.54, 1.807) is 5.51 Å². The first kappa shape index (κ1) is 14.6. The van der Waals surface area contributed by atoms with Crippen LogP contribution in [0.15, 0.2) is 10.9 Å². The van der Waals surface area contributed by atoms with Crippen LogP contribution in [0.25, 0.3) is 0 Å². The van der Waals surface area contributed by atoms with Crippen LogP contribution in [0.3, 0.4) is 0 Å². The summed E-state index contributed by atoms with van der Waals surface area (Å²) in [6, 6.07) is 0.631. The van der Waals surface area contributed by atoms with E-state index in [0.29, 0.717) is 17.2 Å².